The first-order valence-corrected chi connectivity index (χ1v) is 20.8. The van der Waals surface area contributed by atoms with E-state index in [1.54, 1.807) is 0 Å². The second kappa shape index (κ2) is 12.8. The molecule has 0 unspecified atom stereocenters. The van der Waals surface area contributed by atoms with Crippen LogP contribution in [0, 0.1) is 68.0 Å². The molecule has 0 saturated heterocycles. The first-order valence-electron chi connectivity index (χ1n) is 20.8. The van der Waals surface area contributed by atoms with Gasteiger partial charge in [0.1, 0.15) is 12.7 Å². The minimum absolute atomic E-state index is 0.0265. The molecule has 52 heavy (non-hydrogen) atoms. The Balaban J connectivity index is 1.06. The molecule has 5 fully saturated rings. The number of esters is 2. The fourth-order valence-electron chi connectivity index (χ4n) is 14.3. The summed E-state index contributed by atoms with van der Waals surface area (Å²) in [5, 5.41) is 0. The van der Waals surface area contributed by atoms with Gasteiger partial charge in [0, 0.05) is 17.3 Å². The van der Waals surface area contributed by atoms with E-state index in [0.29, 0.717) is 42.9 Å². The lowest BCUT2D eigenvalue weighted by molar-refractivity contribution is -0.236. The summed E-state index contributed by atoms with van der Waals surface area (Å²) in [7, 11) is 0. The molecule has 6 aliphatic rings. The topological polar surface area (TPSA) is 95.7 Å². The third kappa shape index (κ3) is 5.36. The third-order valence-corrected chi connectivity index (χ3v) is 17.5. The summed E-state index contributed by atoms with van der Waals surface area (Å²) >= 11 is 0. The van der Waals surface area contributed by atoms with E-state index in [1.165, 1.54) is 24.8 Å². The van der Waals surface area contributed by atoms with Crippen molar-refractivity contribution in [1.82, 2.24) is 0 Å². The van der Waals surface area contributed by atoms with Gasteiger partial charge < -0.3 is 15.2 Å². The standard InChI is InChI=1S/C46H67NO5/c1-28(2)37-33(48)26-46(23-24-47)22-21-44(8)30(38(37)46)15-16-35-43(7)19-18-36(42(5,6)34(43)17-20-45(35,44)9)52-40(50)32-25-31(41(32,3)4)39(49)51-27-29-13-11-10-12-14-29/h10-14,28,30-32,34-36H,15-27,47H2,1-9H3/t30-,31+,32-,34+,35-,36+,43+,44-,45-,46-/m1/s1. The number of Topliss-reactive ketones (excluding diaryl/α,β-unsaturated/α-hetero) is 1. The van der Waals surface area contributed by atoms with Gasteiger partial charge in [0.2, 0.25) is 0 Å². The number of fused-ring (bicyclic) bond motifs is 7. The Labute approximate surface area is 313 Å². The molecule has 1 aromatic rings. The van der Waals surface area contributed by atoms with Crippen molar-refractivity contribution in [3.8, 4) is 0 Å². The van der Waals surface area contributed by atoms with Crippen molar-refractivity contribution >= 4 is 17.7 Å². The summed E-state index contributed by atoms with van der Waals surface area (Å²) in [5.74, 6) is 1.17. The zero-order chi connectivity index (χ0) is 37.6. The fourth-order valence-corrected chi connectivity index (χ4v) is 14.3. The molecule has 0 radical (unpaired) electrons. The summed E-state index contributed by atoms with van der Waals surface area (Å²) in [6, 6.07) is 9.75. The van der Waals surface area contributed by atoms with Crippen LogP contribution in [-0.4, -0.2) is 30.4 Å². The minimum atomic E-state index is -0.505. The molecule has 286 valence electrons. The van der Waals surface area contributed by atoms with Gasteiger partial charge in [0.05, 0.1) is 11.8 Å². The average Bonchev–Trinajstić information content (AvgIpc) is 3.37. The van der Waals surface area contributed by atoms with E-state index in [9.17, 15) is 14.4 Å². The quantitative estimate of drug-likeness (QED) is 0.270. The second-order valence-electron chi connectivity index (χ2n) is 20.6. The van der Waals surface area contributed by atoms with Crippen LogP contribution in [0.4, 0.5) is 0 Å². The van der Waals surface area contributed by atoms with Crippen LogP contribution >= 0.6 is 0 Å². The van der Waals surface area contributed by atoms with Crippen molar-refractivity contribution in [2.24, 2.45) is 73.7 Å². The average molecular weight is 714 g/mol. The Kier molecular flexibility index (Phi) is 9.32. The van der Waals surface area contributed by atoms with Gasteiger partial charge >= 0.3 is 11.9 Å². The number of allylic oxidation sites excluding steroid dienone is 2. The van der Waals surface area contributed by atoms with Crippen LogP contribution in [0.1, 0.15) is 139 Å². The number of hydrogen-bond donors (Lipinski definition) is 1. The molecule has 10 atom stereocenters. The Morgan fingerprint density at radius 1 is 0.808 bits per heavy atom. The number of hydrogen-bond acceptors (Lipinski definition) is 6. The first kappa shape index (κ1) is 37.8. The smallest absolute Gasteiger partial charge is 0.309 e. The van der Waals surface area contributed by atoms with E-state index in [2.05, 4.69) is 48.5 Å². The van der Waals surface area contributed by atoms with Crippen molar-refractivity contribution in [2.45, 2.75) is 146 Å². The minimum Gasteiger partial charge on any atom is -0.462 e. The molecule has 6 nitrogen and oxygen atoms in total. The molecule has 0 amide bonds. The number of nitrogens with two attached hydrogens (primary N) is 1. The van der Waals surface area contributed by atoms with E-state index in [-0.39, 0.29) is 69.5 Å². The van der Waals surface area contributed by atoms with Crippen molar-refractivity contribution in [3.05, 3.63) is 47.0 Å². The van der Waals surface area contributed by atoms with Crippen molar-refractivity contribution in [1.29, 1.82) is 0 Å². The van der Waals surface area contributed by atoms with E-state index in [0.717, 1.165) is 49.7 Å². The highest BCUT2D eigenvalue weighted by molar-refractivity contribution is 6.00. The number of ether oxygens (including phenoxy) is 2. The zero-order valence-corrected chi connectivity index (χ0v) is 33.7. The first-order chi connectivity index (χ1) is 24.4. The monoisotopic (exact) mass is 714 g/mol. The lowest BCUT2D eigenvalue weighted by atomic mass is 9.33. The molecule has 0 heterocycles. The van der Waals surface area contributed by atoms with Crippen LogP contribution in [0.3, 0.4) is 0 Å². The number of rotatable bonds is 8. The van der Waals surface area contributed by atoms with Crippen LogP contribution < -0.4 is 5.73 Å². The van der Waals surface area contributed by atoms with Crippen LogP contribution in [0.2, 0.25) is 0 Å². The molecule has 0 aliphatic heterocycles. The van der Waals surface area contributed by atoms with Gasteiger partial charge in [-0.2, -0.15) is 0 Å². The van der Waals surface area contributed by atoms with E-state index < -0.39 is 5.41 Å². The van der Waals surface area contributed by atoms with E-state index in [4.69, 9.17) is 15.2 Å². The third-order valence-electron chi connectivity index (χ3n) is 17.5. The number of carbonyl (C=O) groups is 3. The molecule has 1 aromatic carbocycles. The van der Waals surface area contributed by atoms with Gasteiger partial charge in [-0.15, -0.1) is 0 Å². The molecule has 5 saturated carbocycles. The van der Waals surface area contributed by atoms with Crippen molar-refractivity contribution < 1.29 is 23.9 Å². The Bertz CT molecular complexity index is 1630. The van der Waals surface area contributed by atoms with Gasteiger partial charge in [-0.3, -0.25) is 14.4 Å². The molecule has 2 N–H and O–H groups in total. The SMILES string of the molecule is CC(C)C1=C2[C@H]3CC[C@@H]4[C@@]5(C)CC[C@H](OC(=O)[C@H]6C[C@@H](C(=O)OCc7ccccc7)C6(C)C)C(C)(C)[C@@H]5CC[C@@]4(C)[C@]3(C)CC[C@@]2(CCN)CC1=O. The van der Waals surface area contributed by atoms with Gasteiger partial charge in [-0.05, 0) is 127 Å². The van der Waals surface area contributed by atoms with Crippen LogP contribution in [-0.2, 0) is 30.5 Å². The van der Waals surface area contributed by atoms with Crippen LogP contribution in [0.5, 0.6) is 0 Å². The number of ketones is 1. The number of carbonyl (C=O) groups excluding carboxylic acids is 3. The van der Waals surface area contributed by atoms with Crippen molar-refractivity contribution in [2.75, 3.05) is 6.54 Å². The predicted octanol–water partition coefficient (Wildman–Crippen LogP) is 9.63. The molecular weight excluding hydrogens is 647 g/mol. The second-order valence-corrected chi connectivity index (χ2v) is 20.6. The largest absolute Gasteiger partial charge is 0.462 e. The predicted molar refractivity (Wildman–Crippen MR) is 205 cm³/mol. The van der Waals surface area contributed by atoms with Crippen LogP contribution in [0.15, 0.2) is 41.5 Å². The van der Waals surface area contributed by atoms with E-state index >= 15 is 0 Å². The Morgan fingerprint density at radius 3 is 2.15 bits per heavy atom. The summed E-state index contributed by atoms with van der Waals surface area (Å²) in [6.45, 7) is 21.9. The van der Waals surface area contributed by atoms with Crippen molar-refractivity contribution in [3.63, 3.8) is 0 Å². The highest BCUT2D eigenvalue weighted by Gasteiger charge is 2.70. The molecule has 6 aliphatic carbocycles. The van der Waals surface area contributed by atoms with Crippen LogP contribution in [0.25, 0.3) is 0 Å². The molecular formula is C46H67NO5. The maximum Gasteiger partial charge on any atom is 0.309 e. The van der Waals surface area contributed by atoms with Gasteiger partial charge in [0.15, 0.2) is 5.78 Å². The van der Waals surface area contributed by atoms with Gasteiger partial charge in [-0.1, -0.05) is 98.2 Å². The Hall–Kier alpha value is -2.47. The molecule has 0 spiro atoms. The zero-order valence-electron chi connectivity index (χ0n) is 33.7. The van der Waals surface area contributed by atoms with Gasteiger partial charge in [-0.25, -0.2) is 0 Å². The highest BCUT2D eigenvalue weighted by Crippen LogP contribution is 2.77. The normalized spacial score (nSPS) is 41.6. The molecule has 6 heteroatoms. The number of benzene rings is 1. The maximum atomic E-state index is 13.9. The fraction of sp³-hybridized carbons (Fsp3) is 0.761. The van der Waals surface area contributed by atoms with Gasteiger partial charge in [0.25, 0.3) is 0 Å². The maximum absolute atomic E-state index is 13.9. The molecule has 0 aromatic heterocycles. The lowest BCUT2D eigenvalue weighted by Crippen LogP contribution is -2.66. The molecule has 7 rings (SSSR count). The van der Waals surface area contributed by atoms with E-state index in [1.807, 2.05) is 44.2 Å². The Morgan fingerprint density at radius 2 is 1.50 bits per heavy atom. The summed E-state index contributed by atoms with van der Waals surface area (Å²) < 4.78 is 12.2. The summed E-state index contributed by atoms with van der Waals surface area (Å²) in [5.41, 5.74) is 9.71. The summed E-state index contributed by atoms with van der Waals surface area (Å²) in [6.07, 6.45) is 10.8. The molecule has 0 bridgehead atoms. The highest BCUT2D eigenvalue weighted by atomic mass is 16.5. The summed E-state index contributed by atoms with van der Waals surface area (Å²) in [4.78, 5) is 40.7. The lowest BCUT2D eigenvalue weighted by Gasteiger charge is -2.72.